The monoisotopic (exact) mass is 348 g/mol. The van der Waals surface area contributed by atoms with E-state index in [0.717, 1.165) is 24.5 Å². The molecule has 0 spiro atoms. The highest BCUT2D eigenvalue weighted by Gasteiger charge is 2.31. The zero-order valence-corrected chi connectivity index (χ0v) is 14.6. The number of carbonyl (C=O) groups is 1. The summed E-state index contributed by atoms with van der Waals surface area (Å²) in [6.07, 6.45) is 1.75. The number of rotatable bonds is 5. The Morgan fingerprint density at radius 1 is 1.33 bits per heavy atom. The molecular formula is C17H21ClN4O2. The maximum absolute atomic E-state index is 12.4. The van der Waals surface area contributed by atoms with E-state index in [1.165, 1.54) is 0 Å². The number of benzene rings is 1. The highest BCUT2D eigenvalue weighted by molar-refractivity contribution is 6.30. The van der Waals surface area contributed by atoms with Gasteiger partial charge in [-0.1, -0.05) is 11.6 Å². The molecule has 0 fully saturated rings. The van der Waals surface area contributed by atoms with E-state index in [1.54, 1.807) is 25.2 Å². The van der Waals surface area contributed by atoms with Crippen LogP contribution in [0.5, 0.6) is 5.75 Å². The molecule has 1 aliphatic heterocycles. The fourth-order valence-corrected chi connectivity index (χ4v) is 2.96. The molecule has 0 aliphatic carbocycles. The molecule has 0 N–H and O–H groups in total. The van der Waals surface area contributed by atoms with Crippen LogP contribution in [0.2, 0.25) is 5.02 Å². The van der Waals surface area contributed by atoms with E-state index in [1.807, 2.05) is 35.0 Å². The van der Waals surface area contributed by atoms with E-state index < -0.39 is 0 Å². The van der Waals surface area contributed by atoms with Gasteiger partial charge in [0, 0.05) is 44.9 Å². The summed E-state index contributed by atoms with van der Waals surface area (Å²) in [5.74, 6) is 0.852. The van der Waals surface area contributed by atoms with Crippen molar-refractivity contribution >= 4 is 17.5 Å². The number of ether oxygens (including phenoxy) is 1. The SMILES string of the molecule is CN(C)C(=O)C1CN(CCOc2ccc(Cl)cc2)Cc2ccnn21. The first-order valence-corrected chi connectivity index (χ1v) is 8.26. The van der Waals surface area contributed by atoms with Crippen molar-refractivity contribution in [2.45, 2.75) is 12.6 Å². The van der Waals surface area contributed by atoms with Gasteiger partial charge in [-0.05, 0) is 30.3 Å². The predicted octanol–water partition coefficient (Wildman–Crippen LogP) is 2.06. The summed E-state index contributed by atoms with van der Waals surface area (Å²) >= 11 is 5.87. The molecule has 1 aliphatic rings. The second-order valence-electron chi connectivity index (χ2n) is 6.05. The second-order valence-corrected chi connectivity index (χ2v) is 6.49. The smallest absolute Gasteiger partial charge is 0.248 e. The first-order chi connectivity index (χ1) is 11.5. The van der Waals surface area contributed by atoms with Crippen LogP contribution < -0.4 is 4.74 Å². The Morgan fingerprint density at radius 3 is 2.79 bits per heavy atom. The van der Waals surface area contributed by atoms with Crippen molar-refractivity contribution < 1.29 is 9.53 Å². The summed E-state index contributed by atoms with van der Waals surface area (Å²) in [7, 11) is 3.54. The first-order valence-electron chi connectivity index (χ1n) is 7.89. The standard InChI is InChI=1S/C17H21ClN4O2/c1-20(2)17(23)16-12-21(11-14-7-8-19-22(14)16)9-10-24-15-5-3-13(18)4-6-15/h3-8,16H,9-12H2,1-2H3. The Hall–Kier alpha value is -2.05. The lowest BCUT2D eigenvalue weighted by atomic mass is 10.1. The van der Waals surface area contributed by atoms with Crippen molar-refractivity contribution in [1.29, 1.82) is 0 Å². The summed E-state index contributed by atoms with van der Waals surface area (Å²) in [4.78, 5) is 16.3. The summed E-state index contributed by atoms with van der Waals surface area (Å²) in [5.41, 5.74) is 1.05. The quantitative estimate of drug-likeness (QED) is 0.830. The van der Waals surface area contributed by atoms with Gasteiger partial charge < -0.3 is 9.64 Å². The maximum Gasteiger partial charge on any atom is 0.248 e. The number of aromatic nitrogens is 2. The minimum absolute atomic E-state index is 0.0586. The van der Waals surface area contributed by atoms with E-state index in [2.05, 4.69) is 10.00 Å². The molecule has 0 saturated heterocycles. The molecule has 1 atom stereocenters. The van der Waals surface area contributed by atoms with Crippen molar-refractivity contribution in [3.63, 3.8) is 0 Å². The number of carbonyl (C=O) groups excluding carboxylic acids is 1. The third kappa shape index (κ3) is 3.71. The summed E-state index contributed by atoms with van der Waals surface area (Å²) < 4.78 is 7.59. The van der Waals surface area contributed by atoms with Crippen LogP contribution in [0.1, 0.15) is 11.7 Å². The molecule has 0 saturated carbocycles. The Balaban J connectivity index is 1.61. The van der Waals surface area contributed by atoms with Crippen LogP contribution in [0.25, 0.3) is 0 Å². The van der Waals surface area contributed by atoms with Gasteiger partial charge in [-0.2, -0.15) is 5.10 Å². The van der Waals surface area contributed by atoms with E-state index in [9.17, 15) is 4.79 Å². The molecule has 0 bridgehead atoms. The van der Waals surface area contributed by atoms with E-state index in [-0.39, 0.29) is 11.9 Å². The zero-order chi connectivity index (χ0) is 17.1. The fourth-order valence-electron chi connectivity index (χ4n) is 2.84. The molecule has 6 nitrogen and oxygen atoms in total. The molecule has 3 rings (SSSR count). The molecular weight excluding hydrogens is 328 g/mol. The lowest BCUT2D eigenvalue weighted by molar-refractivity contribution is -0.134. The van der Waals surface area contributed by atoms with Crippen molar-refractivity contribution in [2.75, 3.05) is 33.8 Å². The van der Waals surface area contributed by atoms with Crippen LogP contribution in [-0.2, 0) is 11.3 Å². The number of amides is 1. The summed E-state index contributed by atoms with van der Waals surface area (Å²) in [6, 6.07) is 9.00. The molecule has 1 unspecified atom stereocenters. The molecule has 128 valence electrons. The van der Waals surface area contributed by atoms with E-state index in [4.69, 9.17) is 16.3 Å². The number of hydrogen-bond donors (Lipinski definition) is 0. The van der Waals surface area contributed by atoms with Crippen LogP contribution in [0.3, 0.4) is 0 Å². The zero-order valence-electron chi connectivity index (χ0n) is 13.9. The Morgan fingerprint density at radius 2 is 2.08 bits per heavy atom. The predicted molar refractivity (Wildman–Crippen MR) is 92.2 cm³/mol. The number of nitrogens with zero attached hydrogens (tertiary/aromatic N) is 4. The van der Waals surface area contributed by atoms with Crippen LogP contribution in [0.15, 0.2) is 36.5 Å². The van der Waals surface area contributed by atoms with Gasteiger partial charge in [0.15, 0.2) is 0 Å². The number of hydrogen-bond acceptors (Lipinski definition) is 4. The van der Waals surface area contributed by atoms with Gasteiger partial charge in [0.1, 0.15) is 18.4 Å². The number of halogens is 1. The van der Waals surface area contributed by atoms with Crippen molar-refractivity contribution in [2.24, 2.45) is 0 Å². The molecule has 0 radical (unpaired) electrons. The minimum Gasteiger partial charge on any atom is -0.492 e. The molecule has 2 heterocycles. The average molecular weight is 349 g/mol. The molecule has 2 aromatic rings. The second kappa shape index (κ2) is 7.23. The highest BCUT2D eigenvalue weighted by atomic mass is 35.5. The molecule has 7 heteroatoms. The lowest BCUT2D eigenvalue weighted by Crippen LogP contribution is -2.45. The van der Waals surface area contributed by atoms with Crippen LogP contribution in [0, 0.1) is 0 Å². The van der Waals surface area contributed by atoms with Gasteiger partial charge in [0.25, 0.3) is 0 Å². The van der Waals surface area contributed by atoms with Gasteiger partial charge in [-0.3, -0.25) is 14.4 Å². The number of fused-ring (bicyclic) bond motifs is 1. The maximum atomic E-state index is 12.4. The third-order valence-electron chi connectivity index (χ3n) is 4.08. The number of likely N-dealkylation sites (N-methyl/N-ethyl adjacent to an activating group) is 1. The normalized spacial score (nSPS) is 17.4. The third-order valence-corrected chi connectivity index (χ3v) is 4.33. The van der Waals surface area contributed by atoms with Gasteiger partial charge in [-0.15, -0.1) is 0 Å². The lowest BCUT2D eigenvalue weighted by Gasteiger charge is -2.34. The van der Waals surface area contributed by atoms with Crippen LogP contribution >= 0.6 is 11.6 Å². The summed E-state index contributed by atoms with van der Waals surface area (Å²) in [6.45, 7) is 2.69. The van der Waals surface area contributed by atoms with Gasteiger partial charge in [0.2, 0.25) is 5.91 Å². The Labute approximate surface area is 146 Å². The first kappa shape index (κ1) is 16.8. The summed E-state index contributed by atoms with van der Waals surface area (Å²) in [5, 5.41) is 5.00. The van der Waals surface area contributed by atoms with Crippen molar-refractivity contribution in [1.82, 2.24) is 19.6 Å². The van der Waals surface area contributed by atoms with Gasteiger partial charge in [0.05, 0.1) is 5.69 Å². The molecule has 1 aromatic heterocycles. The largest absolute Gasteiger partial charge is 0.492 e. The van der Waals surface area contributed by atoms with Crippen molar-refractivity contribution in [3.05, 3.63) is 47.2 Å². The van der Waals surface area contributed by atoms with Crippen LogP contribution in [0.4, 0.5) is 0 Å². The Bertz CT molecular complexity index is 699. The highest BCUT2D eigenvalue weighted by Crippen LogP contribution is 2.22. The van der Waals surface area contributed by atoms with Crippen molar-refractivity contribution in [3.8, 4) is 5.75 Å². The Kier molecular flexibility index (Phi) is 5.06. The van der Waals surface area contributed by atoms with Gasteiger partial charge >= 0.3 is 0 Å². The molecule has 1 amide bonds. The van der Waals surface area contributed by atoms with Crippen LogP contribution in [-0.4, -0.2) is 59.3 Å². The minimum atomic E-state index is -0.283. The average Bonchev–Trinajstić information content (AvgIpc) is 3.03. The van der Waals surface area contributed by atoms with E-state index in [0.29, 0.717) is 18.2 Å². The topological polar surface area (TPSA) is 50.6 Å². The molecule has 1 aromatic carbocycles. The van der Waals surface area contributed by atoms with E-state index >= 15 is 0 Å². The van der Waals surface area contributed by atoms with Gasteiger partial charge in [-0.25, -0.2) is 0 Å². The molecule has 24 heavy (non-hydrogen) atoms. The fraction of sp³-hybridized carbons (Fsp3) is 0.412.